The Hall–Kier alpha value is -3.56. The minimum atomic E-state index is -1.12. The highest BCUT2D eigenvalue weighted by molar-refractivity contribution is 6.38. The highest BCUT2D eigenvalue weighted by Gasteiger charge is 2.64. The molecule has 0 radical (unpaired) electrons. The fourth-order valence-corrected chi connectivity index (χ4v) is 5.17. The molecule has 2 fully saturated rings. The number of fused-ring (bicyclic) bond motifs is 3. The van der Waals surface area contributed by atoms with Gasteiger partial charge in [0.1, 0.15) is 6.04 Å². The van der Waals surface area contributed by atoms with Gasteiger partial charge in [-0.05, 0) is 24.3 Å². The van der Waals surface area contributed by atoms with Gasteiger partial charge in [-0.15, -0.1) is 0 Å². The molecule has 2 amide bonds. The van der Waals surface area contributed by atoms with Crippen LogP contribution in [0.1, 0.15) is 10.4 Å². The van der Waals surface area contributed by atoms with E-state index >= 15 is 0 Å². The van der Waals surface area contributed by atoms with Crippen LogP contribution >= 0.6 is 23.2 Å². The summed E-state index contributed by atoms with van der Waals surface area (Å²) in [5.74, 6) is -3.53. The summed E-state index contributed by atoms with van der Waals surface area (Å²) in [6, 6.07) is 7.95. The molecular formula is C22H14Cl2N4O5. The minimum Gasteiger partial charge on any atom is -0.292 e. The molecule has 0 aliphatic carbocycles. The SMILES string of the molecule is O=C(c1cccc([N+](=O)[O-])c1)[C@H]1[C@H]2C(=O)N(c3ccc(Cl)cc3Cl)C(=O)[C@@H]2[C@H]2C=CC=NN21. The van der Waals surface area contributed by atoms with E-state index in [1.165, 1.54) is 47.6 Å². The first-order valence-electron chi connectivity index (χ1n) is 9.90. The topological polar surface area (TPSA) is 113 Å². The van der Waals surface area contributed by atoms with E-state index < -0.39 is 46.4 Å². The summed E-state index contributed by atoms with van der Waals surface area (Å²) in [6.45, 7) is 0. The first kappa shape index (κ1) is 21.3. The molecule has 2 aromatic rings. The van der Waals surface area contributed by atoms with Gasteiger partial charge in [0.2, 0.25) is 11.8 Å². The molecule has 0 unspecified atom stereocenters. The van der Waals surface area contributed by atoms with E-state index in [1.54, 1.807) is 12.2 Å². The fourth-order valence-electron chi connectivity index (χ4n) is 4.68. The third-order valence-electron chi connectivity index (χ3n) is 6.05. The number of Topliss-reactive ketones (excluding diaryl/α,β-unsaturated/α-hetero) is 1. The molecule has 3 aliphatic heterocycles. The summed E-state index contributed by atoms with van der Waals surface area (Å²) < 4.78 is 0. The predicted molar refractivity (Wildman–Crippen MR) is 120 cm³/mol. The monoisotopic (exact) mass is 484 g/mol. The highest BCUT2D eigenvalue weighted by Crippen LogP contribution is 2.47. The lowest BCUT2D eigenvalue weighted by Crippen LogP contribution is -2.46. The first-order valence-corrected chi connectivity index (χ1v) is 10.7. The van der Waals surface area contributed by atoms with E-state index in [-0.39, 0.29) is 22.0 Å². The molecule has 2 aromatic carbocycles. The van der Waals surface area contributed by atoms with Crippen LogP contribution in [0.5, 0.6) is 0 Å². The number of carbonyl (C=O) groups excluding carboxylic acids is 3. The Morgan fingerprint density at radius 2 is 1.82 bits per heavy atom. The summed E-state index contributed by atoms with van der Waals surface area (Å²) in [6.07, 6.45) is 4.83. The molecule has 2 saturated heterocycles. The van der Waals surface area contributed by atoms with Crippen molar-refractivity contribution in [2.75, 3.05) is 4.90 Å². The standard InChI is InChI=1S/C22H14Cl2N4O5/c23-12-6-7-15(14(24)10-12)26-21(30)17-16-5-2-8-25-27(16)19(18(17)22(26)31)20(29)11-3-1-4-13(9-11)28(32)33/h1-10,16-19H/t16-,17-,18+,19-/m1/s1. The maximum absolute atomic E-state index is 13.6. The summed E-state index contributed by atoms with van der Waals surface area (Å²) in [4.78, 5) is 52.1. The van der Waals surface area contributed by atoms with Crippen LogP contribution in [0.15, 0.2) is 59.7 Å². The number of non-ortho nitro benzene ring substituents is 1. The van der Waals surface area contributed by atoms with Crippen LogP contribution in [0, 0.1) is 22.0 Å². The predicted octanol–water partition coefficient (Wildman–Crippen LogP) is 3.50. The van der Waals surface area contributed by atoms with Gasteiger partial charge in [-0.1, -0.05) is 41.4 Å². The van der Waals surface area contributed by atoms with Gasteiger partial charge in [-0.3, -0.25) is 29.5 Å². The van der Waals surface area contributed by atoms with Crippen molar-refractivity contribution < 1.29 is 19.3 Å². The Kier molecular flexibility index (Phi) is 5.02. The number of amides is 2. The fraction of sp³-hybridized carbons (Fsp3) is 0.182. The molecule has 0 spiro atoms. The molecule has 0 saturated carbocycles. The van der Waals surface area contributed by atoms with Crippen molar-refractivity contribution in [1.82, 2.24) is 5.01 Å². The number of hydrogen-bond acceptors (Lipinski definition) is 7. The molecule has 3 aliphatic rings. The first-order chi connectivity index (χ1) is 15.8. The van der Waals surface area contributed by atoms with Crippen molar-refractivity contribution in [2.45, 2.75) is 12.1 Å². The van der Waals surface area contributed by atoms with Gasteiger partial charge >= 0.3 is 0 Å². The smallest absolute Gasteiger partial charge is 0.270 e. The Morgan fingerprint density at radius 1 is 1.06 bits per heavy atom. The average Bonchev–Trinajstić information content (AvgIpc) is 3.27. The Labute approximate surface area is 197 Å². The van der Waals surface area contributed by atoms with Crippen molar-refractivity contribution in [3.63, 3.8) is 0 Å². The molecule has 4 atom stereocenters. The van der Waals surface area contributed by atoms with Crippen molar-refractivity contribution in [2.24, 2.45) is 16.9 Å². The second-order valence-corrected chi connectivity index (χ2v) is 8.64. The number of ketones is 1. The lowest BCUT2D eigenvalue weighted by atomic mass is 9.86. The van der Waals surface area contributed by atoms with Gasteiger partial charge in [0, 0.05) is 28.9 Å². The van der Waals surface area contributed by atoms with Crippen molar-refractivity contribution in [1.29, 1.82) is 0 Å². The van der Waals surface area contributed by atoms with Gasteiger partial charge in [-0.2, -0.15) is 5.10 Å². The quantitative estimate of drug-likeness (QED) is 0.284. The number of rotatable bonds is 4. The number of hydrogen-bond donors (Lipinski definition) is 0. The van der Waals surface area contributed by atoms with Gasteiger partial charge in [0.05, 0.1) is 33.5 Å². The van der Waals surface area contributed by atoms with Gasteiger partial charge in [-0.25, -0.2) is 4.90 Å². The highest BCUT2D eigenvalue weighted by atomic mass is 35.5. The van der Waals surface area contributed by atoms with Crippen LogP contribution in [-0.4, -0.2) is 45.8 Å². The normalized spacial score (nSPS) is 25.4. The number of benzene rings is 2. The lowest BCUT2D eigenvalue weighted by Gasteiger charge is -2.30. The van der Waals surface area contributed by atoms with Crippen LogP contribution < -0.4 is 4.90 Å². The van der Waals surface area contributed by atoms with E-state index in [2.05, 4.69) is 5.10 Å². The number of nitro benzene ring substituents is 1. The maximum Gasteiger partial charge on any atom is 0.270 e. The molecule has 0 bridgehead atoms. The number of allylic oxidation sites excluding steroid dienone is 1. The molecule has 0 N–H and O–H groups in total. The van der Waals surface area contributed by atoms with E-state index in [0.29, 0.717) is 5.02 Å². The van der Waals surface area contributed by atoms with Crippen molar-refractivity contribution in [3.05, 3.63) is 80.3 Å². The van der Waals surface area contributed by atoms with E-state index in [9.17, 15) is 24.5 Å². The number of imide groups is 1. The summed E-state index contributed by atoms with van der Waals surface area (Å²) >= 11 is 12.2. The number of nitrogens with zero attached hydrogens (tertiary/aromatic N) is 4. The van der Waals surface area contributed by atoms with E-state index in [4.69, 9.17) is 23.2 Å². The van der Waals surface area contributed by atoms with Crippen LogP contribution in [0.2, 0.25) is 10.0 Å². The van der Waals surface area contributed by atoms with Crippen LogP contribution in [0.25, 0.3) is 0 Å². The summed E-state index contributed by atoms with van der Waals surface area (Å²) in [7, 11) is 0. The van der Waals surface area contributed by atoms with Crippen molar-refractivity contribution in [3.8, 4) is 0 Å². The average molecular weight is 485 g/mol. The molecule has 11 heteroatoms. The number of halogens is 2. The Morgan fingerprint density at radius 3 is 2.55 bits per heavy atom. The van der Waals surface area contributed by atoms with Gasteiger partial charge in [0.25, 0.3) is 5.69 Å². The second-order valence-electron chi connectivity index (χ2n) is 7.80. The molecule has 3 heterocycles. The van der Waals surface area contributed by atoms with Crippen LogP contribution in [-0.2, 0) is 9.59 Å². The number of anilines is 1. The van der Waals surface area contributed by atoms with Crippen LogP contribution in [0.4, 0.5) is 11.4 Å². The third-order valence-corrected chi connectivity index (χ3v) is 6.59. The second kappa shape index (κ2) is 7.79. The zero-order valence-electron chi connectivity index (χ0n) is 16.7. The maximum atomic E-state index is 13.6. The number of hydrazone groups is 1. The van der Waals surface area contributed by atoms with Gasteiger partial charge < -0.3 is 0 Å². The van der Waals surface area contributed by atoms with Gasteiger partial charge in [0.15, 0.2) is 5.78 Å². The number of carbonyl (C=O) groups is 3. The largest absolute Gasteiger partial charge is 0.292 e. The summed E-state index contributed by atoms with van der Waals surface area (Å²) in [5, 5.41) is 17.3. The Bertz CT molecular complexity index is 1290. The Balaban J connectivity index is 1.59. The van der Waals surface area contributed by atoms with Crippen molar-refractivity contribution >= 4 is 58.4 Å². The molecule has 166 valence electrons. The van der Waals surface area contributed by atoms with E-state index in [1.807, 2.05) is 0 Å². The molecule has 5 rings (SSSR count). The third kappa shape index (κ3) is 3.23. The van der Waals surface area contributed by atoms with Crippen LogP contribution in [0.3, 0.4) is 0 Å². The zero-order chi connectivity index (χ0) is 23.4. The molecular weight excluding hydrogens is 471 g/mol. The lowest BCUT2D eigenvalue weighted by molar-refractivity contribution is -0.384. The van der Waals surface area contributed by atoms with E-state index in [0.717, 1.165) is 11.0 Å². The summed E-state index contributed by atoms with van der Waals surface area (Å²) in [5.41, 5.74) is -0.0131. The molecule has 9 nitrogen and oxygen atoms in total. The number of nitro groups is 1. The molecule has 0 aromatic heterocycles. The molecule has 33 heavy (non-hydrogen) atoms. The minimum absolute atomic E-state index is 0.0570. The zero-order valence-corrected chi connectivity index (χ0v) is 18.2.